The first-order valence-electron chi connectivity index (χ1n) is 8.03. The van der Waals surface area contributed by atoms with Crippen LogP contribution in [0.25, 0.3) is 0 Å². The molecule has 0 unspecified atom stereocenters. The van der Waals surface area contributed by atoms with Crippen LogP contribution in [0, 0.1) is 0 Å². The van der Waals surface area contributed by atoms with Crippen molar-refractivity contribution < 1.29 is 9.53 Å². The van der Waals surface area contributed by atoms with E-state index in [-0.39, 0.29) is 18.2 Å². The van der Waals surface area contributed by atoms with Crippen molar-refractivity contribution in [1.29, 1.82) is 0 Å². The second-order valence-corrected chi connectivity index (χ2v) is 5.68. The number of ether oxygens (including phenoxy) is 1. The number of carbonyl (C=O) groups excluding carboxylic acids is 1. The molecule has 0 aliphatic carbocycles. The van der Waals surface area contributed by atoms with E-state index in [0.717, 1.165) is 42.2 Å². The summed E-state index contributed by atoms with van der Waals surface area (Å²) in [5.74, 6) is 0.934. The van der Waals surface area contributed by atoms with E-state index in [4.69, 9.17) is 4.74 Å². The first-order valence-corrected chi connectivity index (χ1v) is 8.03. The van der Waals surface area contributed by atoms with E-state index in [1.54, 1.807) is 6.92 Å². The van der Waals surface area contributed by atoms with Gasteiger partial charge in [-0.15, -0.1) is 12.4 Å². The van der Waals surface area contributed by atoms with Crippen LogP contribution in [0.1, 0.15) is 29.8 Å². The van der Waals surface area contributed by atoms with Gasteiger partial charge in [-0.3, -0.25) is 4.79 Å². The number of rotatable bonds is 5. The van der Waals surface area contributed by atoms with Crippen LogP contribution in [-0.2, 0) is 6.54 Å². The van der Waals surface area contributed by atoms with Gasteiger partial charge in [0, 0.05) is 30.8 Å². The van der Waals surface area contributed by atoms with Crippen molar-refractivity contribution in [3.8, 4) is 5.75 Å². The van der Waals surface area contributed by atoms with Crippen molar-refractivity contribution in [3.05, 3.63) is 53.6 Å². The Bertz CT molecular complexity index is 718. The summed E-state index contributed by atoms with van der Waals surface area (Å²) in [6, 6.07) is 14.0. The predicted molar refractivity (Wildman–Crippen MR) is 101 cm³/mol. The van der Waals surface area contributed by atoms with E-state index in [1.165, 1.54) is 5.69 Å². The van der Waals surface area contributed by atoms with E-state index in [1.807, 2.05) is 37.3 Å². The fourth-order valence-corrected chi connectivity index (χ4v) is 2.93. The molecule has 24 heavy (non-hydrogen) atoms. The molecule has 0 fully saturated rings. The van der Waals surface area contributed by atoms with Gasteiger partial charge in [0.25, 0.3) is 0 Å². The minimum absolute atomic E-state index is 0. The van der Waals surface area contributed by atoms with Gasteiger partial charge in [-0.05, 0) is 44.2 Å². The molecule has 2 aromatic rings. The number of nitrogens with zero attached hydrogens (tertiary/aromatic N) is 1. The van der Waals surface area contributed by atoms with Crippen molar-refractivity contribution in [2.75, 3.05) is 29.9 Å². The lowest BCUT2D eigenvalue weighted by Crippen LogP contribution is -2.33. The average molecular weight is 347 g/mol. The Hall–Kier alpha value is -2.20. The lowest BCUT2D eigenvalue weighted by Gasteiger charge is -2.32. The highest BCUT2D eigenvalue weighted by molar-refractivity contribution is 5.94. The third-order valence-corrected chi connectivity index (χ3v) is 4.07. The lowest BCUT2D eigenvalue weighted by molar-refractivity contribution is 0.101. The summed E-state index contributed by atoms with van der Waals surface area (Å²) in [5.41, 5.74) is 4.12. The van der Waals surface area contributed by atoms with Gasteiger partial charge in [-0.2, -0.15) is 0 Å². The Morgan fingerprint density at radius 1 is 1.25 bits per heavy atom. The molecule has 1 heterocycles. The molecule has 128 valence electrons. The van der Waals surface area contributed by atoms with E-state index < -0.39 is 0 Å². The predicted octanol–water partition coefficient (Wildman–Crippen LogP) is 4.14. The number of nitrogens with one attached hydrogen (secondary N) is 1. The highest BCUT2D eigenvalue weighted by atomic mass is 35.5. The quantitative estimate of drug-likeness (QED) is 0.826. The molecule has 4 nitrogen and oxygen atoms in total. The van der Waals surface area contributed by atoms with Gasteiger partial charge in [0.1, 0.15) is 5.75 Å². The normalized spacial score (nSPS) is 12.7. The number of fused-ring (bicyclic) bond motifs is 1. The zero-order chi connectivity index (χ0) is 16.2. The standard InChI is InChI=1S/C19H22N2O2.ClH/c1-3-23-19-9-8-15(14(2)22)12-16(19)13-21-11-10-20-17-6-4-5-7-18(17)21;/h4-9,12,20H,3,10-11,13H2,1-2H3;1H. The summed E-state index contributed by atoms with van der Waals surface area (Å²) < 4.78 is 5.75. The smallest absolute Gasteiger partial charge is 0.159 e. The number of hydrogen-bond donors (Lipinski definition) is 1. The van der Waals surface area contributed by atoms with E-state index >= 15 is 0 Å². The third-order valence-electron chi connectivity index (χ3n) is 4.07. The minimum atomic E-state index is 0. The van der Waals surface area contributed by atoms with Crippen LogP contribution in [0.3, 0.4) is 0 Å². The van der Waals surface area contributed by atoms with Crippen LogP contribution in [0.2, 0.25) is 0 Å². The number of anilines is 2. The van der Waals surface area contributed by atoms with Crippen LogP contribution in [0.5, 0.6) is 5.75 Å². The van der Waals surface area contributed by atoms with Crippen molar-refractivity contribution in [3.63, 3.8) is 0 Å². The molecule has 1 aliphatic heterocycles. The first-order chi connectivity index (χ1) is 11.2. The van der Waals surface area contributed by atoms with Gasteiger partial charge in [-0.1, -0.05) is 12.1 Å². The van der Waals surface area contributed by atoms with Crippen LogP contribution in [-0.4, -0.2) is 25.5 Å². The summed E-state index contributed by atoms with van der Waals surface area (Å²) >= 11 is 0. The molecule has 0 amide bonds. The van der Waals surface area contributed by atoms with E-state index in [0.29, 0.717) is 6.61 Å². The molecule has 0 bridgehead atoms. The lowest BCUT2D eigenvalue weighted by atomic mass is 10.1. The molecule has 5 heteroatoms. The number of benzene rings is 2. The number of carbonyl (C=O) groups is 1. The highest BCUT2D eigenvalue weighted by Gasteiger charge is 2.18. The summed E-state index contributed by atoms with van der Waals surface area (Å²) in [6.07, 6.45) is 0. The Kier molecular flexibility index (Phi) is 6.10. The number of hydrogen-bond acceptors (Lipinski definition) is 4. The fraction of sp³-hybridized carbons (Fsp3) is 0.316. The molecule has 0 aromatic heterocycles. The molecule has 0 saturated carbocycles. The second kappa shape index (κ2) is 8.06. The highest BCUT2D eigenvalue weighted by Crippen LogP contribution is 2.31. The van der Waals surface area contributed by atoms with Crippen LogP contribution >= 0.6 is 12.4 Å². The van der Waals surface area contributed by atoms with Gasteiger partial charge >= 0.3 is 0 Å². The molecule has 0 spiro atoms. The van der Waals surface area contributed by atoms with Crippen molar-refractivity contribution in [2.45, 2.75) is 20.4 Å². The molecular formula is C19H23ClN2O2. The zero-order valence-corrected chi connectivity index (χ0v) is 14.9. The molecule has 2 aromatic carbocycles. The number of Topliss-reactive ketones (excluding diaryl/α,β-unsaturated/α-hetero) is 1. The minimum Gasteiger partial charge on any atom is -0.494 e. The maximum absolute atomic E-state index is 11.7. The summed E-state index contributed by atoms with van der Waals surface area (Å²) in [7, 11) is 0. The third kappa shape index (κ3) is 3.82. The van der Waals surface area contributed by atoms with Gasteiger partial charge in [0.2, 0.25) is 0 Å². The number of ketones is 1. The van der Waals surface area contributed by atoms with Gasteiger partial charge in [0.15, 0.2) is 5.78 Å². The Morgan fingerprint density at radius 3 is 2.79 bits per heavy atom. The first kappa shape index (κ1) is 18.1. The summed E-state index contributed by atoms with van der Waals surface area (Å²) in [6.45, 7) is 6.75. The molecule has 1 N–H and O–H groups in total. The molecule has 0 atom stereocenters. The zero-order valence-electron chi connectivity index (χ0n) is 14.0. The second-order valence-electron chi connectivity index (χ2n) is 5.68. The molecular weight excluding hydrogens is 324 g/mol. The Morgan fingerprint density at radius 2 is 2.04 bits per heavy atom. The van der Waals surface area contributed by atoms with E-state index in [9.17, 15) is 4.79 Å². The summed E-state index contributed by atoms with van der Waals surface area (Å²) in [4.78, 5) is 14.0. The largest absolute Gasteiger partial charge is 0.494 e. The topological polar surface area (TPSA) is 41.6 Å². The van der Waals surface area contributed by atoms with E-state index in [2.05, 4.69) is 22.3 Å². The number of para-hydroxylation sites is 2. The molecule has 0 saturated heterocycles. The van der Waals surface area contributed by atoms with Crippen molar-refractivity contribution in [2.24, 2.45) is 0 Å². The monoisotopic (exact) mass is 346 g/mol. The van der Waals surface area contributed by atoms with Crippen molar-refractivity contribution in [1.82, 2.24) is 0 Å². The Balaban J connectivity index is 0.00000208. The average Bonchev–Trinajstić information content (AvgIpc) is 2.57. The van der Waals surface area contributed by atoms with Crippen molar-refractivity contribution >= 4 is 29.6 Å². The Labute approximate surface area is 149 Å². The maximum atomic E-state index is 11.7. The molecule has 0 radical (unpaired) electrons. The van der Waals surface area contributed by atoms with Crippen LogP contribution < -0.4 is 15.0 Å². The van der Waals surface area contributed by atoms with Gasteiger partial charge in [0.05, 0.1) is 18.0 Å². The SMILES string of the molecule is CCOc1ccc(C(C)=O)cc1CN1CCNc2ccccc21.Cl. The fourth-order valence-electron chi connectivity index (χ4n) is 2.93. The van der Waals surface area contributed by atoms with Gasteiger partial charge in [-0.25, -0.2) is 0 Å². The summed E-state index contributed by atoms with van der Waals surface area (Å²) in [5, 5.41) is 3.42. The van der Waals surface area contributed by atoms with Crippen LogP contribution in [0.15, 0.2) is 42.5 Å². The number of halogens is 1. The van der Waals surface area contributed by atoms with Crippen LogP contribution in [0.4, 0.5) is 11.4 Å². The maximum Gasteiger partial charge on any atom is 0.159 e. The molecule has 3 rings (SSSR count). The van der Waals surface area contributed by atoms with Gasteiger partial charge < -0.3 is 15.0 Å². The molecule has 1 aliphatic rings.